The van der Waals surface area contributed by atoms with Gasteiger partial charge in [-0.05, 0) is 12.1 Å². The Morgan fingerprint density at radius 3 is 2.57 bits per heavy atom. The number of benzene rings is 1. The van der Waals surface area contributed by atoms with Crippen LogP contribution in [0.1, 0.15) is 0 Å². The predicted octanol–water partition coefficient (Wildman–Crippen LogP) is 1.26. The Kier molecular flexibility index (Phi) is 3.58. The number of rotatable bonds is 3. The molecule has 0 aromatic heterocycles. The fourth-order valence-corrected chi connectivity index (χ4v) is 0.860. The van der Waals surface area contributed by atoms with E-state index < -0.39 is 0 Å². The van der Waals surface area contributed by atoms with Crippen LogP contribution in [0.5, 0.6) is 0 Å². The minimum atomic E-state index is -0.0177. The molecule has 0 fully saturated rings. The van der Waals surface area contributed by atoms with Gasteiger partial charge >= 0.3 is 0 Å². The molecule has 1 aromatic rings. The van der Waals surface area contributed by atoms with Crippen molar-refractivity contribution < 1.29 is 0 Å². The fraction of sp³-hybridized carbons (Fsp3) is 0. The molecule has 14 heavy (non-hydrogen) atoms. The maximum atomic E-state index is 8.59. The zero-order chi connectivity index (χ0) is 10.4. The minimum Gasteiger partial charge on any atom is -0.387 e. The molecule has 0 saturated heterocycles. The van der Waals surface area contributed by atoms with Gasteiger partial charge < -0.3 is 5.73 Å². The van der Waals surface area contributed by atoms with Crippen LogP contribution in [0.15, 0.2) is 35.4 Å². The van der Waals surface area contributed by atoms with Gasteiger partial charge in [0, 0.05) is 0 Å². The highest BCUT2D eigenvalue weighted by Crippen LogP contribution is 2.04. The summed E-state index contributed by atoms with van der Waals surface area (Å²) in [6, 6.07) is 11.0. The van der Waals surface area contributed by atoms with Crippen LogP contribution in [0, 0.1) is 11.3 Å². The summed E-state index contributed by atoms with van der Waals surface area (Å²) in [5.41, 5.74) is 8.72. The first kappa shape index (κ1) is 10.2. The van der Waals surface area contributed by atoms with E-state index in [1.807, 2.05) is 30.3 Å². The number of para-hydroxylation sites is 1. The summed E-state index contributed by atoms with van der Waals surface area (Å²) in [5, 5.41) is 12.3. The first-order valence-electron chi connectivity index (χ1n) is 3.82. The average Bonchev–Trinajstić information content (AvgIpc) is 2.20. The van der Waals surface area contributed by atoms with E-state index in [1.54, 1.807) is 6.07 Å². The number of nitriles is 1. The highest BCUT2D eigenvalue weighted by Gasteiger charge is 1.99. The number of hydrazone groups is 1. The highest BCUT2D eigenvalue weighted by atomic mass is 32.1. The van der Waals surface area contributed by atoms with E-state index in [0.717, 1.165) is 5.69 Å². The Labute approximate surface area is 87.0 Å². The van der Waals surface area contributed by atoms with Crippen LogP contribution < -0.4 is 11.2 Å². The van der Waals surface area contributed by atoms with Gasteiger partial charge in [0.15, 0.2) is 5.71 Å². The third-order valence-electron chi connectivity index (χ3n) is 1.41. The van der Waals surface area contributed by atoms with E-state index in [4.69, 9.17) is 11.0 Å². The van der Waals surface area contributed by atoms with Gasteiger partial charge in [0.25, 0.3) is 0 Å². The van der Waals surface area contributed by atoms with Crippen LogP contribution in [0.25, 0.3) is 0 Å². The summed E-state index contributed by atoms with van der Waals surface area (Å²) in [5.74, 6) is 0. The Morgan fingerprint density at radius 2 is 2.07 bits per heavy atom. The van der Waals surface area contributed by atoms with Crippen molar-refractivity contribution in [2.45, 2.75) is 0 Å². The first-order valence-corrected chi connectivity index (χ1v) is 4.23. The summed E-state index contributed by atoms with van der Waals surface area (Å²) < 4.78 is 0. The van der Waals surface area contributed by atoms with Crippen LogP contribution in [-0.2, 0) is 0 Å². The van der Waals surface area contributed by atoms with E-state index in [-0.39, 0.29) is 10.7 Å². The molecule has 5 heteroatoms. The number of hydrogen-bond donors (Lipinski definition) is 2. The maximum absolute atomic E-state index is 8.59. The highest BCUT2D eigenvalue weighted by molar-refractivity contribution is 7.82. The number of hydrogen-bond acceptors (Lipinski definition) is 4. The smallest absolute Gasteiger partial charge is 0.194 e. The van der Waals surface area contributed by atoms with Gasteiger partial charge in [-0.1, -0.05) is 30.4 Å². The standard InChI is InChI=1S/C9H8N4S/c10-6-8(9(11)14)13-12-7-4-2-1-3-5-7/h1-5,12H,(H2,11,14). The van der Waals surface area contributed by atoms with Gasteiger partial charge in [0.05, 0.1) is 5.69 Å². The van der Waals surface area contributed by atoms with Gasteiger partial charge in [-0.25, -0.2) is 0 Å². The van der Waals surface area contributed by atoms with Crippen molar-refractivity contribution in [3.8, 4) is 6.07 Å². The van der Waals surface area contributed by atoms with E-state index in [2.05, 4.69) is 22.7 Å². The van der Waals surface area contributed by atoms with Crippen LogP contribution in [0.2, 0.25) is 0 Å². The second kappa shape index (κ2) is 4.94. The van der Waals surface area contributed by atoms with Crippen LogP contribution in [0.3, 0.4) is 0 Å². The van der Waals surface area contributed by atoms with E-state index in [9.17, 15) is 0 Å². The third-order valence-corrected chi connectivity index (χ3v) is 1.60. The third kappa shape index (κ3) is 2.84. The molecule has 0 heterocycles. The molecule has 70 valence electrons. The molecule has 0 aliphatic rings. The quantitative estimate of drug-likeness (QED) is 0.441. The second-order valence-electron chi connectivity index (χ2n) is 2.41. The molecule has 3 N–H and O–H groups in total. The van der Waals surface area contributed by atoms with Gasteiger partial charge in [0.2, 0.25) is 0 Å². The molecule has 0 amide bonds. The number of anilines is 1. The molecule has 0 saturated carbocycles. The topological polar surface area (TPSA) is 74.2 Å². The predicted molar refractivity (Wildman–Crippen MR) is 59.9 cm³/mol. The molecular weight excluding hydrogens is 196 g/mol. The van der Waals surface area contributed by atoms with Crippen molar-refractivity contribution in [3.05, 3.63) is 30.3 Å². The number of nitrogens with two attached hydrogens (primary N) is 1. The van der Waals surface area contributed by atoms with Crippen molar-refractivity contribution >= 4 is 28.6 Å². The van der Waals surface area contributed by atoms with Crippen molar-refractivity contribution in [2.24, 2.45) is 10.8 Å². The van der Waals surface area contributed by atoms with Crippen molar-refractivity contribution in [1.82, 2.24) is 0 Å². The molecule has 0 atom stereocenters. The first-order chi connectivity index (χ1) is 6.74. The molecule has 1 rings (SSSR count). The lowest BCUT2D eigenvalue weighted by molar-refractivity contribution is 1.34. The Balaban J connectivity index is 2.73. The minimum absolute atomic E-state index is 0.0175. The molecule has 1 aromatic carbocycles. The maximum Gasteiger partial charge on any atom is 0.194 e. The summed E-state index contributed by atoms with van der Waals surface area (Å²) >= 11 is 4.62. The van der Waals surface area contributed by atoms with E-state index in [1.165, 1.54) is 0 Å². The van der Waals surface area contributed by atoms with Crippen LogP contribution in [0.4, 0.5) is 5.69 Å². The summed E-state index contributed by atoms with van der Waals surface area (Å²) in [7, 11) is 0. The Bertz CT molecular complexity index is 391. The lowest BCUT2D eigenvalue weighted by Gasteiger charge is -1.99. The van der Waals surface area contributed by atoms with Gasteiger partial charge in [0.1, 0.15) is 11.1 Å². The van der Waals surface area contributed by atoms with Crippen molar-refractivity contribution in [2.75, 3.05) is 5.43 Å². The molecule has 4 nitrogen and oxygen atoms in total. The average molecular weight is 204 g/mol. The molecule has 0 unspecified atom stereocenters. The van der Waals surface area contributed by atoms with Gasteiger partial charge in [-0.3, -0.25) is 5.43 Å². The van der Waals surface area contributed by atoms with Crippen LogP contribution >= 0.6 is 12.2 Å². The van der Waals surface area contributed by atoms with Crippen molar-refractivity contribution in [1.29, 1.82) is 5.26 Å². The largest absolute Gasteiger partial charge is 0.387 e. The molecule has 0 bridgehead atoms. The molecule has 0 aliphatic heterocycles. The van der Waals surface area contributed by atoms with E-state index >= 15 is 0 Å². The zero-order valence-corrected chi connectivity index (χ0v) is 8.08. The molecule has 0 spiro atoms. The summed E-state index contributed by atoms with van der Waals surface area (Å²) in [4.78, 5) is -0.0177. The van der Waals surface area contributed by atoms with Gasteiger partial charge in [-0.2, -0.15) is 10.4 Å². The normalized spacial score (nSPS) is 10.4. The monoisotopic (exact) mass is 204 g/mol. The zero-order valence-electron chi connectivity index (χ0n) is 7.27. The SMILES string of the molecule is N#CC(=NNc1ccccc1)C(N)=S. The number of thiocarbonyl (C=S) groups is 1. The van der Waals surface area contributed by atoms with Crippen molar-refractivity contribution in [3.63, 3.8) is 0 Å². The summed E-state index contributed by atoms with van der Waals surface area (Å²) in [6.45, 7) is 0. The fourth-order valence-electron chi connectivity index (χ4n) is 0.768. The summed E-state index contributed by atoms with van der Waals surface area (Å²) in [6.07, 6.45) is 0. The lowest BCUT2D eigenvalue weighted by atomic mass is 10.3. The Hall–Kier alpha value is -1.93. The van der Waals surface area contributed by atoms with Crippen LogP contribution in [-0.4, -0.2) is 10.7 Å². The molecular formula is C9H8N4S. The molecule has 0 aliphatic carbocycles. The number of nitrogens with one attached hydrogen (secondary N) is 1. The Morgan fingerprint density at radius 1 is 1.43 bits per heavy atom. The molecule has 0 radical (unpaired) electrons. The number of nitrogens with zero attached hydrogens (tertiary/aromatic N) is 2. The van der Waals surface area contributed by atoms with Gasteiger partial charge in [-0.15, -0.1) is 0 Å². The van der Waals surface area contributed by atoms with E-state index in [0.29, 0.717) is 0 Å². The second-order valence-corrected chi connectivity index (χ2v) is 2.85. The lowest BCUT2D eigenvalue weighted by Crippen LogP contribution is -2.20.